The van der Waals surface area contributed by atoms with Crippen LogP contribution in [0, 0.1) is 0 Å². The molecular formula is C26H26N4O4. The number of benzene rings is 2. The zero-order valence-corrected chi connectivity index (χ0v) is 18.9. The summed E-state index contributed by atoms with van der Waals surface area (Å²) in [4.78, 5) is 42.8. The number of anilines is 1. The average molecular weight is 459 g/mol. The molecule has 2 aromatic carbocycles. The lowest BCUT2D eigenvalue weighted by Crippen LogP contribution is -2.41. The van der Waals surface area contributed by atoms with Crippen molar-refractivity contribution in [2.24, 2.45) is 0 Å². The Kier molecular flexibility index (Phi) is 7.17. The fraction of sp³-hybridized carbons (Fsp3) is 0.231. The third-order valence-electron chi connectivity index (χ3n) is 5.96. The Hall–Kier alpha value is -4.20. The van der Waals surface area contributed by atoms with Gasteiger partial charge in [-0.05, 0) is 60.7 Å². The van der Waals surface area contributed by atoms with Gasteiger partial charge in [-0.1, -0.05) is 30.3 Å². The van der Waals surface area contributed by atoms with Gasteiger partial charge in [0.15, 0.2) is 0 Å². The zero-order chi connectivity index (χ0) is 23.9. The number of hydrazine groups is 1. The van der Waals surface area contributed by atoms with E-state index in [0.29, 0.717) is 22.6 Å². The summed E-state index contributed by atoms with van der Waals surface area (Å²) in [5.41, 5.74) is 7.09. The smallest absolute Gasteiger partial charge is 0.337 e. The van der Waals surface area contributed by atoms with E-state index in [1.807, 2.05) is 12.1 Å². The van der Waals surface area contributed by atoms with Crippen molar-refractivity contribution in [1.29, 1.82) is 0 Å². The summed E-state index contributed by atoms with van der Waals surface area (Å²) >= 11 is 0. The number of aromatic nitrogens is 1. The van der Waals surface area contributed by atoms with Crippen LogP contribution in [-0.4, -0.2) is 43.0 Å². The number of rotatable bonds is 5. The molecule has 0 aliphatic carbocycles. The standard InChI is InChI=1S/C26H26N4O4/c1-34-26(33)21-9-7-20(8-10-21)24(31)28-29-25(32)22-11-12-23(27-17-22)30-15-13-19(14-16-30)18-5-3-2-4-6-18/h2-12,17,19H,13-16H2,1H3,(H,28,31)(H,29,32). The van der Waals surface area contributed by atoms with E-state index in [0.717, 1.165) is 31.7 Å². The normalized spacial score (nSPS) is 13.7. The first-order chi connectivity index (χ1) is 16.5. The van der Waals surface area contributed by atoms with E-state index >= 15 is 0 Å². The third kappa shape index (κ3) is 5.40. The number of hydrogen-bond acceptors (Lipinski definition) is 6. The summed E-state index contributed by atoms with van der Waals surface area (Å²) < 4.78 is 4.63. The molecule has 1 aliphatic heterocycles. The second kappa shape index (κ2) is 10.6. The van der Waals surface area contributed by atoms with Gasteiger partial charge in [-0.15, -0.1) is 0 Å². The number of pyridine rings is 1. The first-order valence-corrected chi connectivity index (χ1v) is 11.1. The van der Waals surface area contributed by atoms with E-state index in [9.17, 15) is 14.4 Å². The Morgan fingerprint density at radius 1 is 0.824 bits per heavy atom. The summed E-state index contributed by atoms with van der Waals surface area (Å²) in [5, 5.41) is 0. The van der Waals surface area contributed by atoms with E-state index in [4.69, 9.17) is 0 Å². The maximum Gasteiger partial charge on any atom is 0.337 e. The second-order valence-corrected chi connectivity index (χ2v) is 8.05. The Morgan fingerprint density at radius 2 is 1.41 bits per heavy atom. The van der Waals surface area contributed by atoms with E-state index in [1.165, 1.54) is 43.1 Å². The van der Waals surface area contributed by atoms with Gasteiger partial charge >= 0.3 is 5.97 Å². The summed E-state index contributed by atoms with van der Waals surface area (Å²) in [5.74, 6) is -0.0747. The van der Waals surface area contributed by atoms with Gasteiger partial charge in [-0.2, -0.15) is 0 Å². The van der Waals surface area contributed by atoms with Crippen molar-refractivity contribution in [2.75, 3.05) is 25.1 Å². The number of carbonyl (C=O) groups excluding carboxylic acids is 3. The molecule has 2 N–H and O–H groups in total. The molecule has 34 heavy (non-hydrogen) atoms. The molecular weight excluding hydrogens is 432 g/mol. The van der Waals surface area contributed by atoms with Gasteiger partial charge in [-0.3, -0.25) is 20.4 Å². The van der Waals surface area contributed by atoms with Gasteiger partial charge in [0, 0.05) is 24.8 Å². The Morgan fingerprint density at radius 3 is 2.00 bits per heavy atom. The van der Waals surface area contributed by atoms with Crippen LogP contribution in [0.2, 0.25) is 0 Å². The molecule has 0 unspecified atom stereocenters. The van der Waals surface area contributed by atoms with Gasteiger partial charge in [0.2, 0.25) is 0 Å². The van der Waals surface area contributed by atoms with Crippen molar-refractivity contribution >= 4 is 23.6 Å². The maximum absolute atomic E-state index is 12.4. The highest BCUT2D eigenvalue weighted by Gasteiger charge is 2.21. The number of nitrogens with one attached hydrogen (secondary N) is 2. The molecule has 2 heterocycles. The van der Waals surface area contributed by atoms with Gasteiger partial charge in [0.25, 0.3) is 11.8 Å². The highest BCUT2D eigenvalue weighted by Crippen LogP contribution is 2.29. The average Bonchev–Trinajstić information content (AvgIpc) is 2.92. The zero-order valence-electron chi connectivity index (χ0n) is 18.9. The number of amides is 2. The molecule has 1 saturated heterocycles. The predicted octanol–water partition coefficient (Wildman–Crippen LogP) is 3.33. The fourth-order valence-electron chi connectivity index (χ4n) is 4.01. The van der Waals surface area contributed by atoms with Crippen LogP contribution in [0.5, 0.6) is 0 Å². The minimum Gasteiger partial charge on any atom is -0.465 e. The van der Waals surface area contributed by atoms with Crippen LogP contribution in [0.3, 0.4) is 0 Å². The largest absolute Gasteiger partial charge is 0.465 e. The number of carbonyl (C=O) groups is 3. The van der Waals surface area contributed by atoms with Crippen LogP contribution in [0.15, 0.2) is 72.9 Å². The molecule has 0 saturated carbocycles. The maximum atomic E-state index is 12.4. The highest BCUT2D eigenvalue weighted by molar-refractivity contribution is 5.99. The van der Waals surface area contributed by atoms with Crippen LogP contribution in [0.1, 0.15) is 55.4 Å². The summed E-state index contributed by atoms with van der Waals surface area (Å²) in [6.07, 6.45) is 3.62. The van der Waals surface area contributed by atoms with Gasteiger partial charge in [0.1, 0.15) is 5.82 Å². The van der Waals surface area contributed by atoms with Crippen molar-refractivity contribution in [3.8, 4) is 0 Å². The lowest BCUT2D eigenvalue weighted by Gasteiger charge is -2.33. The number of methoxy groups -OCH3 is 1. The number of nitrogens with zero attached hydrogens (tertiary/aromatic N) is 2. The van der Waals surface area contributed by atoms with Gasteiger partial charge < -0.3 is 9.64 Å². The van der Waals surface area contributed by atoms with Crippen LogP contribution < -0.4 is 15.8 Å². The summed E-state index contributed by atoms with van der Waals surface area (Å²) in [6, 6.07) is 20.0. The minimum atomic E-state index is -0.504. The predicted molar refractivity (Wildman–Crippen MR) is 128 cm³/mol. The third-order valence-corrected chi connectivity index (χ3v) is 5.96. The molecule has 8 heteroatoms. The minimum absolute atomic E-state index is 0.292. The molecule has 3 aromatic rings. The molecule has 4 rings (SSSR count). The van der Waals surface area contributed by atoms with Gasteiger partial charge in [-0.25, -0.2) is 9.78 Å². The molecule has 2 amide bonds. The molecule has 0 bridgehead atoms. The first-order valence-electron chi connectivity index (χ1n) is 11.1. The van der Waals surface area contributed by atoms with Crippen molar-refractivity contribution in [1.82, 2.24) is 15.8 Å². The molecule has 1 fully saturated rings. The molecule has 0 atom stereocenters. The monoisotopic (exact) mass is 458 g/mol. The Balaban J connectivity index is 1.28. The van der Waals surface area contributed by atoms with Crippen LogP contribution in [0.25, 0.3) is 0 Å². The van der Waals surface area contributed by atoms with Crippen LogP contribution in [0.4, 0.5) is 5.82 Å². The quantitative estimate of drug-likeness (QED) is 0.449. The molecule has 1 aromatic heterocycles. The van der Waals surface area contributed by atoms with Crippen LogP contribution >= 0.6 is 0 Å². The second-order valence-electron chi connectivity index (χ2n) is 8.05. The topological polar surface area (TPSA) is 101 Å². The van der Waals surface area contributed by atoms with Crippen molar-refractivity contribution in [3.63, 3.8) is 0 Å². The number of esters is 1. The van der Waals surface area contributed by atoms with E-state index < -0.39 is 17.8 Å². The fourth-order valence-corrected chi connectivity index (χ4v) is 4.01. The number of piperidine rings is 1. The van der Waals surface area contributed by atoms with E-state index in [1.54, 1.807) is 6.07 Å². The summed E-state index contributed by atoms with van der Waals surface area (Å²) in [7, 11) is 1.29. The van der Waals surface area contributed by atoms with Crippen molar-refractivity contribution in [2.45, 2.75) is 18.8 Å². The van der Waals surface area contributed by atoms with E-state index in [2.05, 4.69) is 49.7 Å². The Bertz CT molecular complexity index is 1140. The molecule has 1 aliphatic rings. The molecule has 0 spiro atoms. The Labute approximate surface area is 197 Å². The number of hydrogen-bond donors (Lipinski definition) is 2. The lowest BCUT2D eigenvalue weighted by atomic mass is 9.89. The number of ether oxygens (including phenoxy) is 1. The first kappa shape index (κ1) is 23.0. The van der Waals surface area contributed by atoms with Gasteiger partial charge in [0.05, 0.1) is 18.2 Å². The lowest BCUT2D eigenvalue weighted by molar-refractivity contribution is 0.0600. The molecule has 0 radical (unpaired) electrons. The van der Waals surface area contributed by atoms with Crippen molar-refractivity contribution < 1.29 is 19.1 Å². The summed E-state index contributed by atoms with van der Waals surface area (Å²) in [6.45, 7) is 1.81. The van der Waals surface area contributed by atoms with Crippen LogP contribution in [-0.2, 0) is 4.74 Å². The SMILES string of the molecule is COC(=O)c1ccc(C(=O)NNC(=O)c2ccc(N3CCC(c4ccccc4)CC3)nc2)cc1. The van der Waals surface area contributed by atoms with Crippen molar-refractivity contribution in [3.05, 3.63) is 95.2 Å². The highest BCUT2D eigenvalue weighted by atomic mass is 16.5. The molecule has 174 valence electrons. The molecule has 8 nitrogen and oxygen atoms in total. The van der Waals surface area contributed by atoms with E-state index in [-0.39, 0.29) is 0 Å².